The van der Waals surface area contributed by atoms with Gasteiger partial charge in [-0.2, -0.15) is 0 Å². The predicted molar refractivity (Wildman–Crippen MR) is 141 cm³/mol. The molecule has 0 saturated carbocycles. The third-order valence-corrected chi connectivity index (χ3v) is 7.91. The van der Waals surface area contributed by atoms with E-state index in [1.54, 1.807) is 49.5 Å². The number of hydrogen-bond donors (Lipinski definition) is 1. The summed E-state index contributed by atoms with van der Waals surface area (Å²) < 4.78 is 29.0. The molecular formula is C28H28N4O3S. The largest absolute Gasteiger partial charge is 0.336 e. The van der Waals surface area contributed by atoms with Gasteiger partial charge >= 0.3 is 0 Å². The van der Waals surface area contributed by atoms with Crippen molar-refractivity contribution in [3.05, 3.63) is 102 Å². The number of amides is 1. The Labute approximate surface area is 211 Å². The fraction of sp³-hybridized carbons (Fsp3) is 0.214. The average Bonchev–Trinajstić information content (AvgIpc) is 2.90. The molecule has 1 saturated heterocycles. The van der Waals surface area contributed by atoms with Crippen LogP contribution in [0.5, 0.6) is 0 Å². The minimum absolute atomic E-state index is 0.0369. The van der Waals surface area contributed by atoms with E-state index in [-0.39, 0.29) is 10.8 Å². The molecule has 1 N–H and O–H groups in total. The average molecular weight is 501 g/mol. The highest BCUT2D eigenvalue weighted by atomic mass is 32.2. The van der Waals surface area contributed by atoms with Crippen LogP contribution in [-0.4, -0.2) is 55.3 Å². The van der Waals surface area contributed by atoms with Crippen LogP contribution in [0.15, 0.2) is 90.0 Å². The van der Waals surface area contributed by atoms with Gasteiger partial charge in [-0.05, 0) is 48.4 Å². The molecule has 0 radical (unpaired) electrons. The number of anilines is 1. The monoisotopic (exact) mass is 500 g/mol. The summed E-state index contributed by atoms with van der Waals surface area (Å²) in [6.07, 6.45) is 1.58. The molecule has 4 aromatic rings. The number of benzene rings is 3. The molecule has 2 heterocycles. The minimum Gasteiger partial charge on any atom is -0.336 e. The quantitative estimate of drug-likeness (QED) is 0.427. The number of fused-ring (bicyclic) bond motifs is 1. The maximum atomic E-state index is 13.2. The first-order chi connectivity index (χ1) is 17.4. The highest BCUT2D eigenvalue weighted by Gasteiger charge is 2.24. The van der Waals surface area contributed by atoms with Crippen molar-refractivity contribution in [2.75, 3.05) is 30.9 Å². The SMILES string of the molecule is Cc1cc(C(=O)N2CCN(Cc3ccccc3)CC2)ccc1NS(=O)(=O)c1cccc2cccnc12. The van der Waals surface area contributed by atoms with Gasteiger partial charge in [-0.3, -0.25) is 19.4 Å². The van der Waals surface area contributed by atoms with Crippen LogP contribution in [-0.2, 0) is 16.6 Å². The van der Waals surface area contributed by atoms with Crippen molar-refractivity contribution >= 4 is 32.5 Å². The van der Waals surface area contributed by atoms with E-state index in [9.17, 15) is 13.2 Å². The molecule has 0 unspecified atom stereocenters. The van der Waals surface area contributed by atoms with E-state index in [4.69, 9.17) is 0 Å². The van der Waals surface area contributed by atoms with Crippen LogP contribution in [0.2, 0.25) is 0 Å². The van der Waals surface area contributed by atoms with Crippen molar-refractivity contribution in [1.82, 2.24) is 14.8 Å². The standard InChI is InChI=1S/C28H28N4O3S/c1-21-19-24(28(33)32-17-15-31(16-18-32)20-22-7-3-2-4-8-22)12-13-25(21)30-36(34,35)26-11-5-9-23-10-6-14-29-27(23)26/h2-14,19,30H,15-18,20H2,1H3. The molecule has 1 amide bonds. The second kappa shape index (κ2) is 10.1. The van der Waals surface area contributed by atoms with E-state index >= 15 is 0 Å². The summed E-state index contributed by atoms with van der Waals surface area (Å²) in [5.41, 5.74) is 3.36. The van der Waals surface area contributed by atoms with E-state index < -0.39 is 10.0 Å². The Kier molecular flexibility index (Phi) is 6.71. The molecule has 0 bridgehead atoms. The van der Waals surface area contributed by atoms with Crippen molar-refractivity contribution in [2.45, 2.75) is 18.4 Å². The second-order valence-electron chi connectivity index (χ2n) is 9.02. The van der Waals surface area contributed by atoms with Crippen molar-refractivity contribution in [2.24, 2.45) is 0 Å². The van der Waals surface area contributed by atoms with Gasteiger partial charge < -0.3 is 4.90 Å². The molecule has 184 valence electrons. The molecule has 3 aromatic carbocycles. The molecule has 1 aliphatic heterocycles. The van der Waals surface area contributed by atoms with Crippen LogP contribution in [0.4, 0.5) is 5.69 Å². The number of aryl methyl sites for hydroxylation is 1. The van der Waals surface area contributed by atoms with E-state index in [2.05, 4.69) is 26.7 Å². The number of nitrogens with one attached hydrogen (secondary N) is 1. The van der Waals surface area contributed by atoms with Gasteiger partial charge in [-0.15, -0.1) is 0 Å². The summed E-state index contributed by atoms with van der Waals surface area (Å²) >= 11 is 0. The summed E-state index contributed by atoms with van der Waals surface area (Å²) in [7, 11) is -3.86. The lowest BCUT2D eigenvalue weighted by atomic mass is 10.1. The van der Waals surface area contributed by atoms with Crippen LogP contribution in [0.1, 0.15) is 21.5 Å². The lowest BCUT2D eigenvalue weighted by molar-refractivity contribution is 0.0628. The molecule has 36 heavy (non-hydrogen) atoms. The topological polar surface area (TPSA) is 82.6 Å². The molecule has 1 fully saturated rings. The maximum Gasteiger partial charge on any atom is 0.264 e. The van der Waals surface area contributed by atoms with Crippen molar-refractivity contribution in [3.63, 3.8) is 0 Å². The smallest absolute Gasteiger partial charge is 0.264 e. The summed E-state index contributed by atoms with van der Waals surface area (Å²) in [5.74, 6) is -0.0369. The zero-order valence-electron chi connectivity index (χ0n) is 20.1. The van der Waals surface area contributed by atoms with Gasteiger partial charge in [0.15, 0.2) is 0 Å². The summed E-state index contributed by atoms with van der Waals surface area (Å²) in [4.78, 5) is 21.7. The highest BCUT2D eigenvalue weighted by molar-refractivity contribution is 7.93. The molecule has 0 aliphatic carbocycles. The lowest BCUT2D eigenvalue weighted by Crippen LogP contribution is -2.48. The molecule has 7 nitrogen and oxygen atoms in total. The Hall–Kier alpha value is -3.75. The summed E-state index contributed by atoms with van der Waals surface area (Å²) in [6, 6.07) is 24.1. The van der Waals surface area contributed by atoms with E-state index in [0.717, 1.165) is 25.0 Å². The number of carbonyl (C=O) groups is 1. The number of carbonyl (C=O) groups excluding carboxylic acids is 1. The summed E-state index contributed by atoms with van der Waals surface area (Å²) in [5, 5.41) is 0.752. The van der Waals surface area contributed by atoms with Gasteiger partial charge in [0.2, 0.25) is 0 Å². The third kappa shape index (κ3) is 5.10. The Morgan fingerprint density at radius 1 is 0.917 bits per heavy atom. The number of para-hydroxylation sites is 1. The molecule has 0 spiro atoms. The van der Waals surface area contributed by atoms with Gasteiger partial charge in [0.1, 0.15) is 4.90 Å². The zero-order chi connectivity index (χ0) is 25.1. The Bertz CT molecular complexity index is 1490. The first kappa shape index (κ1) is 24.0. The van der Waals surface area contributed by atoms with Crippen LogP contribution in [0.3, 0.4) is 0 Å². The molecule has 0 atom stereocenters. The normalized spacial score (nSPS) is 14.6. The van der Waals surface area contributed by atoms with E-state index in [0.29, 0.717) is 35.4 Å². The van der Waals surface area contributed by atoms with Crippen molar-refractivity contribution in [3.8, 4) is 0 Å². The minimum atomic E-state index is -3.86. The first-order valence-electron chi connectivity index (χ1n) is 11.9. The first-order valence-corrected chi connectivity index (χ1v) is 13.4. The van der Waals surface area contributed by atoms with Crippen LogP contribution in [0.25, 0.3) is 10.9 Å². The molecule has 1 aromatic heterocycles. The number of piperazine rings is 1. The van der Waals surface area contributed by atoms with Gasteiger partial charge in [0.25, 0.3) is 15.9 Å². The van der Waals surface area contributed by atoms with E-state index in [1.807, 2.05) is 35.2 Å². The van der Waals surface area contributed by atoms with Crippen LogP contribution >= 0.6 is 0 Å². The van der Waals surface area contributed by atoms with Crippen molar-refractivity contribution < 1.29 is 13.2 Å². The molecule has 5 rings (SSSR count). The predicted octanol–water partition coefficient (Wildman–Crippen LogP) is 4.30. The van der Waals surface area contributed by atoms with Gasteiger partial charge in [0.05, 0.1) is 11.2 Å². The van der Waals surface area contributed by atoms with Crippen LogP contribution < -0.4 is 4.72 Å². The number of pyridine rings is 1. The van der Waals surface area contributed by atoms with Crippen molar-refractivity contribution in [1.29, 1.82) is 0 Å². The third-order valence-electron chi connectivity index (χ3n) is 6.51. The van der Waals surface area contributed by atoms with Gasteiger partial charge in [-0.25, -0.2) is 8.42 Å². The number of rotatable bonds is 6. The number of aromatic nitrogens is 1. The van der Waals surface area contributed by atoms with Gasteiger partial charge in [-0.1, -0.05) is 48.5 Å². The Morgan fingerprint density at radius 2 is 1.67 bits per heavy atom. The fourth-order valence-corrected chi connectivity index (χ4v) is 5.85. The number of sulfonamides is 1. The summed E-state index contributed by atoms with van der Waals surface area (Å²) in [6.45, 7) is 5.63. The second-order valence-corrected chi connectivity index (χ2v) is 10.7. The van der Waals surface area contributed by atoms with Gasteiger partial charge in [0, 0.05) is 49.9 Å². The Morgan fingerprint density at radius 3 is 2.42 bits per heavy atom. The lowest BCUT2D eigenvalue weighted by Gasteiger charge is -2.35. The zero-order valence-corrected chi connectivity index (χ0v) is 20.9. The van der Waals surface area contributed by atoms with Crippen LogP contribution in [0, 0.1) is 6.92 Å². The molecule has 1 aliphatic rings. The number of hydrogen-bond acceptors (Lipinski definition) is 5. The highest BCUT2D eigenvalue weighted by Crippen LogP contribution is 2.25. The van der Waals surface area contributed by atoms with E-state index in [1.165, 1.54) is 5.56 Å². The Balaban J connectivity index is 1.26. The maximum absolute atomic E-state index is 13.2. The fourth-order valence-electron chi connectivity index (χ4n) is 4.54. The number of nitrogens with zero attached hydrogens (tertiary/aromatic N) is 3. The molecular weight excluding hydrogens is 472 g/mol. The molecule has 8 heteroatoms.